The number of anilines is 1. The van der Waals surface area contributed by atoms with E-state index in [4.69, 9.17) is 14.0 Å². The van der Waals surface area contributed by atoms with Gasteiger partial charge in [0.2, 0.25) is 5.91 Å². The van der Waals surface area contributed by atoms with Crippen molar-refractivity contribution in [2.45, 2.75) is 52.2 Å². The lowest BCUT2D eigenvalue weighted by molar-refractivity contribution is -0.142. The van der Waals surface area contributed by atoms with Crippen molar-refractivity contribution in [3.8, 4) is 5.75 Å². The minimum Gasteiger partial charge on any atom is -0.491 e. The molecule has 1 aliphatic carbocycles. The molecule has 3 atom stereocenters. The van der Waals surface area contributed by atoms with E-state index in [9.17, 15) is 14.4 Å². The number of aryl methyl sites for hydroxylation is 1. The van der Waals surface area contributed by atoms with Gasteiger partial charge in [0.25, 0.3) is 11.8 Å². The van der Waals surface area contributed by atoms with Gasteiger partial charge in [0.05, 0.1) is 17.7 Å². The molecule has 2 aromatic rings. The third-order valence-corrected chi connectivity index (χ3v) is 7.30. The number of amides is 3. The summed E-state index contributed by atoms with van der Waals surface area (Å²) in [7, 11) is 3.34. The summed E-state index contributed by atoms with van der Waals surface area (Å²) >= 11 is 0. The van der Waals surface area contributed by atoms with Crippen LogP contribution in [0.2, 0.25) is 0 Å². The van der Waals surface area contributed by atoms with E-state index in [1.807, 2.05) is 18.7 Å². The fourth-order valence-electron chi connectivity index (χ4n) is 4.72. The van der Waals surface area contributed by atoms with Gasteiger partial charge in [0, 0.05) is 50.8 Å². The topological polar surface area (TPSA) is 114 Å². The number of likely N-dealkylation sites (N-methyl/N-ethyl adjacent to an activating group) is 1. The number of carbonyl (C=O) groups is 3. The van der Waals surface area contributed by atoms with Crippen LogP contribution in [0, 0.1) is 18.8 Å². The molecule has 10 heteroatoms. The number of carbonyl (C=O) groups excluding carboxylic acids is 3. The van der Waals surface area contributed by atoms with Crippen molar-refractivity contribution in [1.82, 2.24) is 15.0 Å². The lowest BCUT2D eigenvalue weighted by Crippen LogP contribution is -2.51. The first-order valence-corrected chi connectivity index (χ1v) is 12.8. The Morgan fingerprint density at radius 2 is 1.92 bits per heavy atom. The number of ether oxygens (including phenoxy) is 2. The molecule has 0 saturated heterocycles. The molecule has 3 amide bonds. The number of aromatic nitrogens is 1. The predicted octanol–water partition coefficient (Wildman–Crippen LogP) is 3.37. The number of rotatable bonds is 4. The van der Waals surface area contributed by atoms with Crippen molar-refractivity contribution in [3.63, 3.8) is 0 Å². The van der Waals surface area contributed by atoms with Crippen molar-refractivity contribution in [1.29, 1.82) is 0 Å². The zero-order valence-corrected chi connectivity index (χ0v) is 22.2. The van der Waals surface area contributed by atoms with Crippen molar-refractivity contribution in [3.05, 3.63) is 41.3 Å². The number of methoxy groups -OCH3 is 1. The Morgan fingerprint density at radius 1 is 1.16 bits per heavy atom. The van der Waals surface area contributed by atoms with Gasteiger partial charge in [-0.1, -0.05) is 18.5 Å². The minimum absolute atomic E-state index is 0.00200. The smallest absolute Gasteiger partial charge is 0.277 e. The summed E-state index contributed by atoms with van der Waals surface area (Å²) in [5, 5.41) is 6.50. The number of hydrogen-bond donors (Lipinski definition) is 1. The highest BCUT2D eigenvalue weighted by Gasteiger charge is 2.35. The average Bonchev–Trinajstić information content (AvgIpc) is 3.28. The van der Waals surface area contributed by atoms with Crippen LogP contribution in [0.25, 0.3) is 0 Å². The van der Waals surface area contributed by atoms with Gasteiger partial charge in [-0.15, -0.1) is 0 Å². The van der Waals surface area contributed by atoms with Crippen molar-refractivity contribution < 1.29 is 28.4 Å². The normalized spacial score (nSPS) is 23.3. The van der Waals surface area contributed by atoms with E-state index >= 15 is 0 Å². The van der Waals surface area contributed by atoms with Crippen LogP contribution in [0.5, 0.6) is 5.75 Å². The molecule has 1 saturated carbocycles. The maximum atomic E-state index is 13.5. The maximum Gasteiger partial charge on any atom is 0.277 e. The number of fused-ring (bicyclic) bond motifs is 1. The molecule has 2 heterocycles. The molecule has 2 aliphatic rings. The average molecular weight is 513 g/mol. The molecule has 0 bridgehead atoms. The Hall–Kier alpha value is -3.40. The lowest BCUT2D eigenvalue weighted by atomic mass is 9.83. The monoisotopic (exact) mass is 512 g/mol. The van der Waals surface area contributed by atoms with Crippen LogP contribution < -0.4 is 10.1 Å². The van der Waals surface area contributed by atoms with Gasteiger partial charge in [-0.2, -0.15) is 0 Å². The van der Waals surface area contributed by atoms with E-state index in [1.54, 1.807) is 44.2 Å². The van der Waals surface area contributed by atoms with Crippen molar-refractivity contribution in [2.24, 2.45) is 11.8 Å². The van der Waals surface area contributed by atoms with Crippen LogP contribution >= 0.6 is 0 Å². The second-order valence-electron chi connectivity index (χ2n) is 10.2. The molecular formula is C27H36N4O6. The van der Waals surface area contributed by atoms with Gasteiger partial charge in [0.15, 0.2) is 5.69 Å². The molecule has 1 aromatic carbocycles. The first-order valence-electron chi connectivity index (χ1n) is 12.8. The van der Waals surface area contributed by atoms with Crippen LogP contribution in [0.4, 0.5) is 5.69 Å². The zero-order chi connectivity index (χ0) is 26.7. The van der Waals surface area contributed by atoms with Crippen LogP contribution in [-0.2, 0) is 9.53 Å². The van der Waals surface area contributed by atoms with Crippen molar-refractivity contribution in [2.75, 3.05) is 39.2 Å². The number of nitrogens with zero attached hydrogens (tertiary/aromatic N) is 3. The fourth-order valence-corrected chi connectivity index (χ4v) is 4.72. The highest BCUT2D eigenvalue weighted by atomic mass is 16.5. The van der Waals surface area contributed by atoms with Gasteiger partial charge in [-0.05, 0) is 44.9 Å². The van der Waals surface area contributed by atoms with E-state index in [0.29, 0.717) is 35.9 Å². The molecule has 0 spiro atoms. The minimum atomic E-state index is -0.446. The Morgan fingerprint density at radius 3 is 2.54 bits per heavy atom. The summed E-state index contributed by atoms with van der Waals surface area (Å²) in [5.41, 5.74) is 0.879. The molecule has 1 aromatic heterocycles. The van der Waals surface area contributed by atoms with Crippen LogP contribution in [0.15, 0.2) is 28.8 Å². The molecule has 10 nitrogen and oxygen atoms in total. The second kappa shape index (κ2) is 11.3. The maximum absolute atomic E-state index is 13.5. The largest absolute Gasteiger partial charge is 0.491 e. The third kappa shape index (κ3) is 5.95. The van der Waals surface area contributed by atoms with E-state index in [0.717, 1.165) is 19.3 Å². The standard InChI is InChI=1S/C27H36N4O6/c1-16-13-31(26(33)19-7-6-8-19)17(2)15-36-23-10-9-20(28-25(32)22-11-18(3)37-29-22)12-21(23)27(34)30(4)14-24(16)35-5/h9-12,16-17,19,24H,6-8,13-15H2,1-5H3,(H,28,32)/t16-,17-,24-/m1/s1. The SMILES string of the molecule is CO[C@@H]1CN(C)C(=O)c2cc(NC(=O)c3cc(C)on3)ccc2OC[C@@H](C)N(C(=O)C2CCC2)C[C@H]1C. The molecule has 200 valence electrons. The van der Waals surface area contributed by atoms with Crippen LogP contribution in [0.1, 0.15) is 59.7 Å². The van der Waals surface area contributed by atoms with Crippen molar-refractivity contribution >= 4 is 23.4 Å². The highest BCUT2D eigenvalue weighted by molar-refractivity contribution is 6.04. The molecular weight excluding hydrogens is 476 g/mol. The zero-order valence-electron chi connectivity index (χ0n) is 22.2. The Kier molecular flexibility index (Phi) is 8.16. The molecule has 4 rings (SSSR count). The summed E-state index contributed by atoms with van der Waals surface area (Å²) in [6.07, 6.45) is 2.67. The Balaban J connectivity index is 1.62. The number of nitrogens with one attached hydrogen (secondary N) is 1. The lowest BCUT2D eigenvalue weighted by Gasteiger charge is -2.39. The van der Waals surface area contributed by atoms with E-state index in [2.05, 4.69) is 10.5 Å². The van der Waals surface area contributed by atoms with Gasteiger partial charge in [0.1, 0.15) is 18.1 Å². The molecule has 1 N–H and O–H groups in total. The first-order chi connectivity index (χ1) is 17.7. The summed E-state index contributed by atoms with van der Waals surface area (Å²) in [4.78, 5) is 42.9. The fraction of sp³-hybridized carbons (Fsp3) is 0.556. The number of benzene rings is 1. The quantitative estimate of drug-likeness (QED) is 0.668. The van der Waals surface area contributed by atoms with E-state index in [-0.39, 0.29) is 48.1 Å². The molecule has 1 fully saturated rings. The van der Waals surface area contributed by atoms with E-state index < -0.39 is 5.91 Å². The van der Waals surface area contributed by atoms with Crippen LogP contribution in [-0.4, -0.2) is 78.7 Å². The first kappa shape index (κ1) is 26.7. The Labute approximate surface area is 217 Å². The third-order valence-electron chi connectivity index (χ3n) is 7.30. The Bertz CT molecular complexity index is 1140. The molecule has 1 aliphatic heterocycles. The second-order valence-corrected chi connectivity index (χ2v) is 10.2. The highest BCUT2D eigenvalue weighted by Crippen LogP contribution is 2.31. The van der Waals surface area contributed by atoms with Gasteiger partial charge in [-0.25, -0.2) is 0 Å². The summed E-state index contributed by atoms with van der Waals surface area (Å²) in [5.74, 6) is 0.437. The molecule has 0 radical (unpaired) electrons. The number of hydrogen-bond acceptors (Lipinski definition) is 7. The summed E-state index contributed by atoms with van der Waals surface area (Å²) in [6.45, 7) is 6.81. The van der Waals surface area contributed by atoms with Gasteiger partial charge >= 0.3 is 0 Å². The molecule has 0 unspecified atom stereocenters. The molecule has 37 heavy (non-hydrogen) atoms. The van der Waals surface area contributed by atoms with E-state index in [1.165, 1.54) is 6.07 Å². The van der Waals surface area contributed by atoms with Gasteiger partial charge < -0.3 is 29.1 Å². The summed E-state index contributed by atoms with van der Waals surface area (Å²) in [6, 6.07) is 6.28. The van der Waals surface area contributed by atoms with Gasteiger partial charge in [-0.3, -0.25) is 14.4 Å². The van der Waals surface area contributed by atoms with Crippen LogP contribution in [0.3, 0.4) is 0 Å². The summed E-state index contributed by atoms with van der Waals surface area (Å²) < 4.78 is 16.9. The predicted molar refractivity (Wildman–Crippen MR) is 137 cm³/mol.